The Bertz CT molecular complexity index is 791. The first-order valence-corrected chi connectivity index (χ1v) is 11.1. The lowest BCUT2D eigenvalue weighted by Gasteiger charge is -2.40. The highest BCUT2D eigenvalue weighted by Crippen LogP contribution is 2.29. The summed E-state index contributed by atoms with van der Waals surface area (Å²) in [7, 11) is 3.16. The number of ether oxygens (including phenoxy) is 2. The van der Waals surface area contributed by atoms with Gasteiger partial charge in [0, 0.05) is 53.5 Å². The summed E-state index contributed by atoms with van der Waals surface area (Å²) in [4.78, 5) is 31.3. The predicted octanol–water partition coefficient (Wildman–Crippen LogP) is 2.04. The van der Waals surface area contributed by atoms with Gasteiger partial charge in [0.05, 0.1) is 19.3 Å². The molecule has 1 fully saturated rings. The van der Waals surface area contributed by atoms with Crippen LogP contribution in [0.4, 0.5) is 0 Å². The molecule has 0 atom stereocenters. The normalized spacial score (nSPS) is 14.5. The van der Waals surface area contributed by atoms with Crippen molar-refractivity contribution in [3.8, 4) is 0 Å². The Kier molecular flexibility index (Phi) is 9.22. The molecule has 32 heavy (non-hydrogen) atoms. The van der Waals surface area contributed by atoms with Gasteiger partial charge in [-0.1, -0.05) is 60.7 Å². The summed E-state index contributed by atoms with van der Waals surface area (Å²) in [6.45, 7) is 3.93. The Morgan fingerprint density at radius 2 is 1.28 bits per heavy atom. The summed E-state index contributed by atoms with van der Waals surface area (Å²) in [5, 5.41) is 0. The minimum atomic E-state index is -0.491. The lowest BCUT2D eigenvalue weighted by atomic mass is 9.96. The van der Waals surface area contributed by atoms with Gasteiger partial charge in [-0.25, -0.2) is 0 Å². The van der Waals surface area contributed by atoms with Crippen LogP contribution in [-0.4, -0.2) is 93.2 Å². The van der Waals surface area contributed by atoms with E-state index >= 15 is 0 Å². The fraction of sp³-hybridized carbons (Fsp3) is 0.440. The van der Waals surface area contributed by atoms with E-state index in [4.69, 9.17) is 9.47 Å². The maximum absolute atomic E-state index is 12.9. The predicted molar refractivity (Wildman–Crippen MR) is 123 cm³/mol. The van der Waals surface area contributed by atoms with Gasteiger partial charge in [-0.2, -0.15) is 0 Å². The number of nitrogens with zero attached hydrogens (tertiary/aromatic N) is 3. The molecule has 7 nitrogen and oxygen atoms in total. The van der Waals surface area contributed by atoms with E-state index in [0.29, 0.717) is 52.5 Å². The molecule has 1 aliphatic heterocycles. The molecule has 1 saturated heterocycles. The number of piperazine rings is 1. The van der Waals surface area contributed by atoms with Gasteiger partial charge in [0.15, 0.2) is 0 Å². The van der Waals surface area contributed by atoms with Crippen LogP contribution in [0.2, 0.25) is 0 Å². The standard InChI is InChI=1S/C25H33N3O4/c1-31-19-17-28(18-20-32-2)25(30)24(29)27-15-13-26(14-16-27)23(21-9-5-3-6-10-21)22-11-7-4-8-12-22/h3-12,23H,13-20H2,1-2H3. The molecule has 0 N–H and O–H groups in total. The lowest BCUT2D eigenvalue weighted by molar-refractivity contribution is -0.153. The zero-order chi connectivity index (χ0) is 22.8. The monoisotopic (exact) mass is 439 g/mol. The Morgan fingerprint density at radius 3 is 1.72 bits per heavy atom. The van der Waals surface area contributed by atoms with Crippen molar-refractivity contribution < 1.29 is 19.1 Å². The lowest BCUT2D eigenvalue weighted by Crippen LogP contribution is -2.54. The molecular weight excluding hydrogens is 406 g/mol. The number of benzene rings is 2. The quantitative estimate of drug-likeness (QED) is 0.560. The number of hydrogen-bond donors (Lipinski definition) is 0. The van der Waals surface area contributed by atoms with Crippen LogP contribution < -0.4 is 0 Å². The van der Waals surface area contributed by atoms with Crippen LogP contribution in [0.15, 0.2) is 60.7 Å². The zero-order valence-corrected chi connectivity index (χ0v) is 19.0. The molecule has 0 aromatic heterocycles. The highest BCUT2D eigenvalue weighted by Gasteiger charge is 2.32. The third-order valence-corrected chi connectivity index (χ3v) is 5.80. The summed E-state index contributed by atoms with van der Waals surface area (Å²) < 4.78 is 10.2. The van der Waals surface area contributed by atoms with Gasteiger partial charge < -0.3 is 19.3 Å². The second-order valence-electron chi connectivity index (χ2n) is 7.83. The minimum absolute atomic E-state index is 0.116. The Morgan fingerprint density at radius 1 is 0.812 bits per heavy atom. The van der Waals surface area contributed by atoms with Crippen molar-refractivity contribution in [1.29, 1.82) is 0 Å². The van der Waals surface area contributed by atoms with Crippen LogP contribution in [0.1, 0.15) is 17.2 Å². The Hall–Kier alpha value is -2.74. The smallest absolute Gasteiger partial charge is 0.312 e. The molecule has 0 bridgehead atoms. The first-order valence-electron chi connectivity index (χ1n) is 11.1. The molecule has 7 heteroatoms. The third kappa shape index (κ3) is 6.16. The van der Waals surface area contributed by atoms with E-state index in [-0.39, 0.29) is 6.04 Å². The van der Waals surface area contributed by atoms with E-state index in [1.807, 2.05) is 12.1 Å². The molecule has 172 valence electrons. The van der Waals surface area contributed by atoms with Gasteiger partial charge in [0.25, 0.3) is 0 Å². The molecular formula is C25H33N3O4. The Balaban J connectivity index is 1.67. The average molecular weight is 440 g/mol. The first kappa shape index (κ1) is 23.9. The second kappa shape index (κ2) is 12.3. The van der Waals surface area contributed by atoms with Crippen molar-refractivity contribution in [2.24, 2.45) is 0 Å². The SMILES string of the molecule is COCCN(CCOC)C(=O)C(=O)N1CCN(C(c2ccccc2)c2ccccc2)CC1. The van der Waals surface area contributed by atoms with Crippen LogP contribution in [0.25, 0.3) is 0 Å². The molecule has 0 spiro atoms. The molecule has 2 amide bonds. The molecule has 0 saturated carbocycles. The van der Waals surface area contributed by atoms with Crippen molar-refractivity contribution in [2.45, 2.75) is 6.04 Å². The van der Waals surface area contributed by atoms with E-state index in [0.717, 1.165) is 0 Å². The van der Waals surface area contributed by atoms with Crippen molar-refractivity contribution in [3.63, 3.8) is 0 Å². The van der Waals surface area contributed by atoms with E-state index < -0.39 is 11.8 Å². The van der Waals surface area contributed by atoms with Crippen LogP contribution in [0, 0.1) is 0 Å². The topological polar surface area (TPSA) is 62.3 Å². The summed E-state index contributed by atoms with van der Waals surface area (Å²) >= 11 is 0. The summed E-state index contributed by atoms with van der Waals surface area (Å²) in [5.41, 5.74) is 2.44. The number of carbonyl (C=O) groups is 2. The largest absolute Gasteiger partial charge is 0.383 e. The maximum Gasteiger partial charge on any atom is 0.312 e. The van der Waals surface area contributed by atoms with Crippen molar-refractivity contribution in [2.75, 3.05) is 66.7 Å². The Labute approximate surface area is 190 Å². The highest BCUT2D eigenvalue weighted by atomic mass is 16.5. The van der Waals surface area contributed by atoms with Crippen LogP contribution in [0.3, 0.4) is 0 Å². The van der Waals surface area contributed by atoms with E-state index in [2.05, 4.69) is 53.4 Å². The summed E-state index contributed by atoms with van der Waals surface area (Å²) in [6.07, 6.45) is 0. The fourth-order valence-corrected chi connectivity index (χ4v) is 4.06. The highest BCUT2D eigenvalue weighted by molar-refractivity contribution is 6.34. The molecule has 0 radical (unpaired) electrons. The number of methoxy groups -OCH3 is 2. The summed E-state index contributed by atoms with van der Waals surface area (Å²) in [6, 6.07) is 20.9. The molecule has 0 aliphatic carbocycles. The van der Waals surface area contributed by atoms with E-state index in [9.17, 15) is 9.59 Å². The van der Waals surface area contributed by atoms with Crippen LogP contribution in [-0.2, 0) is 19.1 Å². The van der Waals surface area contributed by atoms with Crippen molar-refractivity contribution in [1.82, 2.24) is 14.7 Å². The fourth-order valence-electron chi connectivity index (χ4n) is 4.06. The molecule has 0 unspecified atom stereocenters. The second-order valence-corrected chi connectivity index (χ2v) is 7.83. The molecule has 1 heterocycles. The number of amides is 2. The number of rotatable bonds is 9. The third-order valence-electron chi connectivity index (χ3n) is 5.80. The van der Waals surface area contributed by atoms with E-state index in [1.165, 1.54) is 16.0 Å². The van der Waals surface area contributed by atoms with Crippen LogP contribution >= 0.6 is 0 Å². The average Bonchev–Trinajstić information content (AvgIpc) is 2.85. The molecule has 1 aliphatic rings. The minimum Gasteiger partial charge on any atom is -0.383 e. The summed E-state index contributed by atoms with van der Waals surface area (Å²) in [5.74, 6) is -0.942. The molecule has 2 aromatic rings. The first-order chi connectivity index (χ1) is 15.7. The van der Waals surface area contributed by atoms with E-state index in [1.54, 1.807) is 19.1 Å². The molecule has 3 rings (SSSR count). The van der Waals surface area contributed by atoms with Gasteiger partial charge in [0.1, 0.15) is 0 Å². The van der Waals surface area contributed by atoms with Gasteiger partial charge in [0.2, 0.25) is 0 Å². The zero-order valence-electron chi connectivity index (χ0n) is 19.0. The van der Waals surface area contributed by atoms with Crippen molar-refractivity contribution >= 4 is 11.8 Å². The number of hydrogen-bond acceptors (Lipinski definition) is 5. The maximum atomic E-state index is 12.9. The van der Waals surface area contributed by atoms with Gasteiger partial charge in [-0.15, -0.1) is 0 Å². The van der Waals surface area contributed by atoms with Gasteiger partial charge in [-0.05, 0) is 11.1 Å². The van der Waals surface area contributed by atoms with Crippen LogP contribution in [0.5, 0.6) is 0 Å². The molecule has 2 aromatic carbocycles. The number of carbonyl (C=O) groups excluding carboxylic acids is 2. The van der Waals surface area contributed by atoms with Gasteiger partial charge >= 0.3 is 11.8 Å². The van der Waals surface area contributed by atoms with Crippen molar-refractivity contribution in [3.05, 3.63) is 71.8 Å². The van der Waals surface area contributed by atoms with Gasteiger partial charge in [-0.3, -0.25) is 14.5 Å².